The van der Waals surface area contributed by atoms with Gasteiger partial charge in [-0.05, 0) is 36.6 Å². The summed E-state index contributed by atoms with van der Waals surface area (Å²) in [6.07, 6.45) is 0.0999. The van der Waals surface area contributed by atoms with Crippen molar-refractivity contribution >= 4 is 5.97 Å². The summed E-state index contributed by atoms with van der Waals surface area (Å²) in [5.74, 6) is -0.735. The molecule has 4 heteroatoms. The molecule has 0 bridgehead atoms. The van der Waals surface area contributed by atoms with Gasteiger partial charge in [0.2, 0.25) is 0 Å². The maximum atomic E-state index is 13.5. The molecule has 0 aromatic heterocycles. The maximum Gasteiger partial charge on any atom is 0.303 e. The van der Waals surface area contributed by atoms with Gasteiger partial charge in [0, 0.05) is 6.42 Å². The van der Waals surface area contributed by atoms with Gasteiger partial charge in [0.1, 0.15) is 11.6 Å². The number of aryl methyl sites for hydroxylation is 2. The molecular weight excluding hydrogens is 199 g/mol. The highest BCUT2D eigenvalue weighted by molar-refractivity contribution is 5.67. The molecule has 0 unspecified atom stereocenters. The van der Waals surface area contributed by atoms with E-state index in [0.717, 1.165) is 0 Å². The number of rotatable bonds is 4. The van der Waals surface area contributed by atoms with Crippen LogP contribution in [0.15, 0.2) is 12.1 Å². The number of methoxy groups -OCH3 is 1. The molecule has 0 amide bonds. The second kappa shape index (κ2) is 4.77. The summed E-state index contributed by atoms with van der Waals surface area (Å²) < 4.78 is 18.5. The topological polar surface area (TPSA) is 46.5 Å². The van der Waals surface area contributed by atoms with Gasteiger partial charge >= 0.3 is 5.97 Å². The van der Waals surface area contributed by atoms with Gasteiger partial charge in [0.05, 0.1) is 7.11 Å². The summed E-state index contributed by atoms with van der Waals surface area (Å²) >= 11 is 0. The highest BCUT2D eigenvalue weighted by Gasteiger charge is 2.09. The molecule has 0 fully saturated rings. The van der Waals surface area contributed by atoms with Gasteiger partial charge in [0.15, 0.2) is 0 Å². The van der Waals surface area contributed by atoms with E-state index in [1.165, 1.54) is 13.2 Å². The second-order valence-corrected chi connectivity index (χ2v) is 3.31. The average molecular weight is 212 g/mol. The number of carbonyl (C=O) groups is 1. The van der Waals surface area contributed by atoms with Crippen LogP contribution in [0.4, 0.5) is 4.39 Å². The fourth-order valence-corrected chi connectivity index (χ4v) is 1.35. The van der Waals surface area contributed by atoms with Crippen molar-refractivity contribution in [1.29, 1.82) is 0 Å². The number of carboxylic acids is 1. The Morgan fingerprint density at radius 1 is 1.53 bits per heavy atom. The zero-order chi connectivity index (χ0) is 11.4. The molecule has 1 aromatic rings. The summed E-state index contributed by atoms with van der Waals surface area (Å²) in [4.78, 5) is 10.4. The number of hydrogen-bond donors (Lipinski definition) is 1. The molecule has 0 aliphatic rings. The minimum Gasteiger partial charge on any atom is -0.497 e. The Kier molecular flexibility index (Phi) is 3.66. The first kappa shape index (κ1) is 11.5. The number of ether oxygens (including phenoxy) is 1. The van der Waals surface area contributed by atoms with Gasteiger partial charge in [0.25, 0.3) is 0 Å². The Morgan fingerprint density at radius 3 is 2.73 bits per heavy atom. The van der Waals surface area contributed by atoms with Crippen molar-refractivity contribution in [2.45, 2.75) is 19.8 Å². The van der Waals surface area contributed by atoms with Gasteiger partial charge < -0.3 is 9.84 Å². The van der Waals surface area contributed by atoms with Crippen LogP contribution in [0.5, 0.6) is 5.75 Å². The van der Waals surface area contributed by atoms with Crippen molar-refractivity contribution in [2.24, 2.45) is 0 Å². The molecule has 3 nitrogen and oxygen atoms in total. The molecule has 1 N–H and O–H groups in total. The quantitative estimate of drug-likeness (QED) is 0.831. The molecule has 1 rings (SSSR count). The van der Waals surface area contributed by atoms with Gasteiger partial charge in [-0.3, -0.25) is 4.79 Å². The molecule has 0 radical (unpaired) electrons. The molecule has 0 atom stereocenters. The molecule has 1 aromatic carbocycles. The van der Waals surface area contributed by atoms with E-state index >= 15 is 0 Å². The first-order valence-corrected chi connectivity index (χ1v) is 4.59. The fourth-order valence-electron chi connectivity index (χ4n) is 1.35. The summed E-state index contributed by atoms with van der Waals surface area (Å²) in [5.41, 5.74) is 0.851. The highest BCUT2D eigenvalue weighted by atomic mass is 19.1. The van der Waals surface area contributed by atoms with Crippen molar-refractivity contribution in [1.82, 2.24) is 0 Å². The molecule has 0 aliphatic carbocycles. The summed E-state index contributed by atoms with van der Waals surface area (Å²) in [7, 11) is 1.49. The maximum absolute atomic E-state index is 13.5. The lowest BCUT2D eigenvalue weighted by molar-refractivity contribution is -0.136. The lowest BCUT2D eigenvalue weighted by Gasteiger charge is -2.07. The Labute approximate surface area is 87.5 Å². The SMILES string of the molecule is COc1cc(C)c(F)c(CCC(=O)O)c1. The third kappa shape index (κ3) is 2.94. The van der Waals surface area contributed by atoms with E-state index in [-0.39, 0.29) is 18.7 Å². The summed E-state index contributed by atoms with van der Waals surface area (Å²) in [5, 5.41) is 8.51. The third-order valence-electron chi connectivity index (χ3n) is 2.15. The predicted octanol–water partition coefficient (Wildman–Crippen LogP) is 2.16. The largest absolute Gasteiger partial charge is 0.497 e. The third-order valence-corrected chi connectivity index (χ3v) is 2.15. The zero-order valence-corrected chi connectivity index (χ0v) is 8.71. The first-order valence-electron chi connectivity index (χ1n) is 4.59. The number of aliphatic carboxylic acids is 1. The molecule has 0 saturated carbocycles. The zero-order valence-electron chi connectivity index (χ0n) is 8.71. The van der Waals surface area contributed by atoms with E-state index in [2.05, 4.69) is 0 Å². The first-order chi connectivity index (χ1) is 7.04. The van der Waals surface area contributed by atoms with Crippen molar-refractivity contribution in [3.8, 4) is 5.75 Å². The van der Waals surface area contributed by atoms with Crippen LogP contribution in [0, 0.1) is 12.7 Å². The lowest BCUT2D eigenvalue weighted by atomic mass is 10.1. The summed E-state index contributed by atoms with van der Waals surface area (Å²) in [6.45, 7) is 1.63. The van der Waals surface area contributed by atoms with E-state index in [1.807, 2.05) is 0 Å². The van der Waals surface area contributed by atoms with Crippen LogP contribution in [0.2, 0.25) is 0 Å². The number of carboxylic acid groups (broad SMARTS) is 1. The van der Waals surface area contributed by atoms with Crippen LogP contribution >= 0.6 is 0 Å². The van der Waals surface area contributed by atoms with Crippen molar-refractivity contribution in [2.75, 3.05) is 7.11 Å². The molecule has 0 spiro atoms. The van der Waals surface area contributed by atoms with Gasteiger partial charge in [-0.2, -0.15) is 0 Å². The Bertz CT molecular complexity index is 374. The number of halogens is 1. The van der Waals surface area contributed by atoms with Gasteiger partial charge in [-0.25, -0.2) is 4.39 Å². The molecule has 0 heterocycles. The van der Waals surface area contributed by atoms with Crippen LogP contribution in [0.25, 0.3) is 0 Å². The minimum absolute atomic E-state index is 0.0798. The standard InChI is InChI=1S/C11H13FO3/c1-7-5-9(15-2)6-8(11(7)12)3-4-10(13)14/h5-6H,3-4H2,1-2H3,(H,13,14). The highest BCUT2D eigenvalue weighted by Crippen LogP contribution is 2.21. The number of hydrogen-bond acceptors (Lipinski definition) is 2. The number of benzene rings is 1. The van der Waals surface area contributed by atoms with Gasteiger partial charge in [-0.1, -0.05) is 0 Å². The van der Waals surface area contributed by atoms with Crippen molar-refractivity contribution in [3.05, 3.63) is 29.1 Å². The molecule has 0 saturated heterocycles. The van der Waals surface area contributed by atoms with E-state index in [4.69, 9.17) is 9.84 Å². The van der Waals surface area contributed by atoms with Crippen LogP contribution in [-0.4, -0.2) is 18.2 Å². The minimum atomic E-state index is -0.935. The van der Waals surface area contributed by atoms with E-state index in [9.17, 15) is 9.18 Å². The Hall–Kier alpha value is -1.58. The predicted molar refractivity (Wildman–Crippen MR) is 53.6 cm³/mol. The fraction of sp³-hybridized carbons (Fsp3) is 0.364. The van der Waals surface area contributed by atoms with Crippen molar-refractivity contribution in [3.63, 3.8) is 0 Å². The van der Waals surface area contributed by atoms with E-state index in [0.29, 0.717) is 16.9 Å². The van der Waals surface area contributed by atoms with Crippen LogP contribution in [0.1, 0.15) is 17.5 Å². The van der Waals surface area contributed by atoms with E-state index in [1.54, 1.807) is 13.0 Å². The van der Waals surface area contributed by atoms with E-state index < -0.39 is 5.97 Å². The normalized spacial score (nSPS) is 10.1. The molecule has 0 aliphatic heterocycles. The monoisotopic (exact) mass is 212 g/mol. The lowest BCUT2D eigenvalue weighted by Crippen LogP contribution is -2.01. The average Bonchev–Trinajstić information content (AvgIpc) is 2.19. The van der Waals surface area contributed by atoms with Crippen LogP contribution in [0.3, 0.4) is 0 Å². The van der Waals surface area contributed by atoms with Gasteiger partial charge in [-0.15, -0.1) is 0 Å². The Balaban J connectivity index is 2.94. The molecular formula is C11H13FO3. The molecule has 82 valence electrons. The van der Waals surface area contributed by atoms with Crippen molar-refractivity contribution < 1.29 is 19.0 Å². The van der Waals surface area contributed by atoms with Crippen LogP contribution < -0.4 is 4.74 Å². The summed E-state index contributed by atoms with van der Waals surface area (Å²) in [6, 6.07) is 3.12. The second-order valence-electron chi connectivity index (χ2n) is 3.31. The smallest absolute Gasteiger partial charge is 0.303 e. The molecule has 15 heavy (non-hydrogen) atoms. The Morgan fingerprint density at radius 2 is 2.20 bits per heavy atom. The van der Waals surface area contributed by atoms with Crippen LogP contribution in [-0.2, 0) is 11.2 Å².